The largest absolute Gasteiger partial charge is 0.354 e. The van der Waals surface area contributed by atoms with Crippen LogP contribution in [0, 0.1) is 6.92 Å². The van der Waals surface area contributed by atoms with Gasteiger partial charge in [-0.05, 0) is 26.1 Å². The third kappa shape index (κ3) is 3.66. The van der Waals surface area contributed by atoms with Crippen molar-refractivity contribution in [3.05, 3.63) is 48.2 Å². The molecular weight excluding hydrogens is 364 g/mol. The number of hydrogen-bond acceptors (Lipinski definition) is 6. The minimum Gasteiger partial charge on any atom is -0.354 e. The molecule has 8 heteroatoms. The van der Waals surface area contributed by atoms with Crippen LogP contribution in [0.3, 0.4) is 0 Å². The Morgan fingerprint density at radius 2 is 1.79 bits per heavy atom. The Morgan fingerprint density at radius 1 is 0.966 bits per heavy atom. The lowest BCUT2D eigenvalue weighted by atomic mass is 10.2. The first-order chi connectivity index (χ1) is 14.1. The van der Waals surface area contributed by atoms with E-state index in [0.717, 1.165) is 65.9 Å². The molecule has 3 aromatic heterocycles. The smallest absolute Gasteiger partial charge is 0.180 e. The molecule has 0 spiro atoms. The zero-order valence-corrected chi connectivity index (χ0v) is 16.6. The maximum absolute atomic E-state index is 4.89. The fourth-order valence-electron chi connectivity index (χ4n) is 3.62. The standard InChI is InChI=1S/C21H24N8/c1-14-11-19(27-26-14)23-18-13-20(29-9-7-28(2)8-10-29)25-21(24-18)17-12-15-5-3-4-6-16(15)22-17/h3-6,11-13,22H,7-10H2,1-2H3,(H2,23,24,25,26,27). The Morgan fingerprint density at radius 3 is 2.55 bits per heavy atom. The summed E-state index contributed by atoms with van der Waals surface area (Å²) >= 11 is 0. The van der Waals surface area contributed by atoms with Crippen LogP contribution in [-0.4, -0.2) is 63.3 Å². The molecule has 0 radical (unpaired) electrons. The summed E-state index contributed by atoms with van der Waals surface area (Å²) in [6.45, 7) is 5.91. The van der Waals surface area contributed by atoms with E-state index in [1.54, 1.807) is 0 Å². The number of aromatic amines is 2. The van der Waals surface area contributed by atoms with Crippen molar-refractivity contribution in [3.8, 4) is 11.5 Å². The number of benzene rings is 1. The van der Waals surface area contributed by atoms with Crippen molar-refractivity contribution in [1.82, 2.24) is 30.0 Å². The van der Waals surface area contributed by atoms with Crippen LogP contribution in [0.2, 0.25) is 0 Å². The average molecular weight is 388 g/mol. The van der Waals surface area contributed by atoms with Gasteiger partial charge in [-0.25, -0.2) is 9.97 Å². The van der Waals surface area contributed by atoms with Gasteiger partial charge in [0.15, 0.2) is 11.6 Å². The number of para-hydroxylation sites is 1. The van der Waals surface area contributed by atoms with Gasteiger partial charge in [-0.15, -0.1) is 0 Å². The van der Waals surface area contributed by atoms with Gasteiger partial charge in [-0.3, -0.25) is 5.10 Å². The van der Waals surface area contributed by atoms with Gasteiger partial charge < -0.3 is 20.1 Å². The van der Waals surface area contributed by atoms with Gasteiger partial charge in [0, 0.05) is 54.9 Å². The molecule has 1 fully saturated rings. The number of likely N-dealkylation sites (N-methyl/N-ethyl adjacent to an activating group) is 1. The molecule has 0 bridgehead atoms. The lowest BCUT2D eigenvalue weighted by molar-refractivity contribution is 0.312. The van der Waals surface area contributed by atoms with Crippen LogP contribution in [-0.2, 0) is 0 Å². The van der Waals surface area contributed by atoms with Crippen molar-refractivity contribution < 1.29 is 0 Å². The molecule has 148 valence electrons. The van der Waals surface area contributed by atoms with E-state index in [4.69, 9.17) is 9.97 Å². The summed E-state index contributed by atoms with van der Waals surface area (Å²) in [6.07, 6.45) is 0. The summed E-state index contributed by atoms with van der Waals surface area (Å²) in [5.41, 5.74) is 2.98. The van der Waals surface area contributed by atoms with Gasteiger partial charge in [0.05, 0.1) is 5.69 Å². The van der Waals surface area contributed by atoms with E-state index in [1.165, 1.54) is 0 Å². The molecular formula is C21H24N8. The highest BCUT2D eigenvalue weighted by molar-refractivity contribution is 5.85. The molecule has 1 saturated heterocycles. The predicted molar refractivity (Wildman–Crippen MR) is 116 cm³/mol. The zero-order chi connectivity index (χ0) is 19.8. The average Bonchev–Trinajstić information content (AvgIpc) is 3.34. The minimum atomic E-state index is 0.674. The number of piperazine rings is 1. The maximum atomic E-state index is 4.89. The Balaban J connectivity index is 1.55. The quantitative estimate of drug-likeness (QED) is 0.498. The molecule has 29 heavy (non-hydrogen) atoms. The number of anilines is 3. The SMILES string of the molecule is Cc1cc(Nc2cc(N3CCN(C)CC3)nc(-c3cc4ccccc4[nH]3)n2)n[nH]1. The van der Waals surface area contributed by atoms with Crippen LogP contribution in [0.5, 0.6) is 0 Å². The number of aryl methyl sites for hydroxylation is 1. The van der Waals surface area contributed by atoms with Crippen molar-refractivity contribution in [1.29, 1.82) is 0 Å². The number of nitrogens with zero attached hydrogens (tertiary/aromatic N) is 5. The van der Waals surface area contributed by atoms with Gasteiger partial charge in [-0.1, -0.05) is 18.2 Å². The van der Waals surface area contributed by atoms with Crippen molar-refractivity contribution in [3.63, 3.8) is 0 Å². The Kier molecular flexibility index (Phi) is 4.40. The molecule has 0 aliphatic carbocycles. The number of aromatic nitrogens is 5. The molecule has 4 heterocycles. The molecule has 5 rings (SSSR count). The van der Waals surface area contributed by atoms with E-state index in [-0.39, 0.29) is 0 Å². The van der Waals surface area contributed by atoms with Gasteiger partial charge >= 0.3 is 0 Å². The second-order valence-corrected chi connectivity index (χ2v) is 7.56. The summed E-state index contributed by atoms with van der Waals surface area (Å²) in [6, 6.07) is 14.3. The normalized spacial score (nSPS) is 15.2. The van der Waals surface area contributed by atoms with E-state index < -0.39 is 0 Å². The highest BCUT2D eigenvalue weighted by Crippen LogP contribution is 2.27. The van der Waals surface area contributed by atoms with Crippen LogP contribution in [0.1, 0.15) is 5.69 Å². The molecule has 1 aromatic carbocycles. The first-order valence-corrected chi connectivity index (χ1v) is 9.84. The topological polar surface area (TPSA) is 88.8 Å². The number of rotatable bonds is 4. The summed E-state index contributed by atoms with van der Waals surface area (Å²) < 4.78 is 0. The Labute approximate surface area is 169 Å². The molecule has 8 nitrogen and oxygen atoms in total. The lowest BCUT2D eigenvalue weighted by Gasteiger charge is -2.33. The molecule has 1 aliphatic rings. The van der Waals surface area contributed by atoms with Crippen molar-refractivity contribution in [2.45, 2.75) is 6.92 Å². The van der Waals surface area contributed by atoms with Gasteiger partial charge in [0.25, 0.3) is 0 Å². The van der Waals surface area contributed by atoms with Crippen LogP contribution in [0.25, 0.3) is 22.4 Å². The first kappa shape index (κ1) is 17.7. The fourth-order valence-corrected chi connectivity index (χ4v) is 3.62. The number of H-pyrrole nitrogens is 2. The molecule has 3 N–H and O–H groups in total. The summed E-state index contributed by atoms with van der Waals surface area (Å²) in [4.78, 5) is 17.8. The third-order valence-corrected chi connectivity index (χ3v) is 5.27. The fraction of sp³-hybridized carbons (Fsp3) is 0.286. The Hall–Kier alpha value is -3.39. The monoisotopic (exact) mass is 388 g/mol. The number of hydrogen-bond donors (Lipinski definition) is 3. The highest BCUT2D eigenvalue weighted by Gasteiger charge is 2.18. The second-order valence-electron chi connectivity index (χ2n) is 7.56. The highest BCUT2D eigenvalue weighted by atomic mass is 15.3. The molecule has 0 atom stereocenters. The molecule has 4 aromatic rings. The molecule has 0 unspecified atom stereocenters. The van der Waals surface area contributed by atoms with Gasteiger partial charge in [0.2, 0.25) is 0 Å². The van der Waals surface area contributed by atoms with E-state index in [0.29, 0.717) is 5.82 Å². The lowest BCUT2D eigenvalue weighted by Crippen LogP contribution is -2.44. The van der Waals surface area contributed by atoms with E-state index >= 15 is 0 Å². The molecule has 0 amide bonds. The van der Waals surface area contributed by atoms with Crippen LogP contribution in [0.15, 0.2) is 42.5 Å². The summed E-state index contributed by atoms with van der Waals surface area (Å²) in [5.74, 6) is 3.08. The number of nitrogens with one attached hydrogen (secondary N) is 3. The van der Waals surface area contributed by atoms with Crippen molar-refractivity contribution in [2.24, 2.45) is 0 Å². The van der Waals surface area contributed by atoms with E-state index in [9.17, 15) is 0 Å². The first-order valence-electron chi connectivity index (χ1n) is 9.84. The maximum Gasteiger partial charge on any atom is 0.180 e. The van der Waals surface area contributed by atoms with Crippen LogP contribution in [0.4, 0.5) is 17.5 Å². The van der Waals surface area contributed by atoms with Crippen LogP contribution < -0.4 is 10.2 Å². The zero-order valence-electron chi connectivity index (χ0n) is 16.6. The Bertz CT molecular complexity index is 1100. The minimum absolute atomic E-state index is 0.674. The number of fused-ring (bicyclic) bond motifs is 1. The van der Waals surface area contributed by atoms with Crippen molar-refractivity contribution >= 4 is 28.4 Å². The molecule has 0 saturated carbocycles. The summed E-state index contributed by atoms with van der Waals surface area (Å²) in [7, 11) is 2.15. The molecule has 1 aliphatic heterocycles. The van der Waals surface area contributed by atoms with Gasteiger partial charge in [-0.2, -0.15) is 5.10 Å². The van der Waals surface area contributed by atoms with Crippen molar-refractivity contribution in [2.75, 3.05) is 43.4 Å². The summed E-state index contributed by atoms with van der Waals surface area (Å²) in [5, 5.41) is 11.7. The van der Waals surface area contributed by atoms with Gasteiger partial charge in [0.1, 0.15) is 11.6 Å². The van der Waals surface area contributed by atoms with Crippen LogP contribution >= 0.6 is 0 Å². The van der Waals surface area contributed by atoms with E-state index in [2.05, 4.69) is 55.5 Å². The third-order valence-electron chi connectivity index (χ3n) is 5.27. The predicted octanol–water partition coefficient (Wildman–Crippen LogP) is 3.15. The second kappa shape index (κ2) is 7.21. The van der Waals surface area contributed by atoms with E-state index in [1.807, 2.05) is 31.2 Å².